The van der Waals surface area contributed by atoms with Crippen LogP contribution in [0.2, 0.25) is 0 Å². The van der Waals surface area contributed by atoms with Gasteiger partial charge < -0.3 is 20.5 Å². The lowest BCUT2D eigenvalue weighted by Crippen LogP contribution is -2.54. The number of nitrogens with two attached hydrogens (primary N) is 1. The number of hydrogen-bond acceptors (Lipinski definition) is 4. The summed E-state index contributed by atoms with van der Waals surface area (Å²) in [5.74, 6) is -0.289. The Labute approximate surface area is 113 Å². The van der Waals surface area contributed by atoms with Crippen LogP contribution >= 0.6 is 0 Å². The van der Waals surface area contributed by atoms with Crippen molar-refractivity contribution in [1.29, 1.82) is 0 Å². The second kappa shape index (κ2) is 5.45. The molecule has 3 N–H and O–H groups in total. The Kier molecular flexibility index (Phi) is 4.08. The van der Waals surface area contributed by atoms with Gasteiger partial charge in [0.2, 0.25) is 0 Å². The van der Waals surface area contributed by atoms with E-state index in [9.17, 15) is 9.50 Å². The molecule has 5 heteroatoms. The minimum atomic E-state index is -0.374. The molecule has 0 radical (unpaired) electrons. The van der Waals surface area contributed by atoms with Gasteiger partial charge in [-0.05, 0) is 37.6 Å². The number of anilines is 1. The molecule has 106 valence electrons. The van der Waals surface area contributed by atoms with Crippen LogP contribution in [-0.4, -0.2) is 36.5 Å². The average Bonchev–Trinajstić information content (AvgIpc) is 2.36. The van der Waals surface area contributed by atoms with Crippen LogP contribution < -0.4 is 10.6 Å². The highest BCUT2D eigenvalue weighted by Crippen LogP contribution is 2.27. The van der Waals surface area contributed by atoms with Gasteiger partial charge in [0.25, 0.3) is 0 Å². The third kappa shape index (κ3) is 3.43. The fourth-order valence-electron chi connectivity index (χ4n) is 2.52. The normalized spacial score (nSPS) is 22.6. The molecule has 1 fully saturated rings. The molecule has 1 aromatic carbocycles. The summed E-state index contributed by atoms with van der Waals surface area (Å²) >= 11 is 0. The molecule has 1 atom stereocenters. The maximum atomic E-state index is 13.6. The van der Waals surface area contributed by atoms with Crippen LogP contribution in [0.1, 0.15) is 19.4 Å². The van der Waals surface area contributed by atoms with Crippen LogP contribution in [0.25, 0.3) is 0 Å². The zero-order chi connectivity index (χ0) is 14.0. The first kappa shape index (κ1) is 14.2. The SMILES string of the molecule is CC1(C)CN(c2cc(F)cc(CN)c2)CC(CO)O1. The molecule has 1 aliphatic heterocycles. The quantitative estimate of drug-likeness (QED) is 0.866. The number of rotatable bonds is 3. The highest BCUT2D eigenvalue weighted by Gasteiger charge is 2.33. The van der Waals surface area contributed by atoms with Crippen molar-refractivity contribution in [3.8, 4) is 0 Å². The van der Waals surface area contributed by atoms with E-state index in [0.29, 0.717) is 19.6 Å². The first-order chi connectivity index (χ1) is 8.93. The smallest absolute Gasteiger partial charge is 0.125 e. The van der Waals surface area contributed by atoms with Gasteiger partial charge in [0.15, 0.2) is 0 Å². The van der Waals surface area contributed by atoms with Crippen molar-refractivity contribution in [3.63, 3.8) is 0 Å². The van der Waals surface area contributed by atoms with Crippen LogP contribution in [0.15, 0.2) is 18.2 Å². The number of aliphatic hydroxyl groups excluding tert-OH is 1. The Hall–Kier alpha value is -1.17. The van der Waals surface area contributed by atoms with Crippen molar-refractivity contribution >= 4 is 5.69 Å². The topological polar surface area (TPSA) is 58.7 Å². The maximum absolute atomic E-state index is 13.6. The standard InChI is InChI=1S/C14H21FN2O2/c1-14(2)9-17(7-13(8-18)19-14)12-4-10(6-16)3-11(15)5-12/h3-5,13,18H,6-9,16H2,1-2H3. The van der Waals surface area contributed by atoms with Crippen LogP contribution in [0.4, 0.5) is 10.1 Å². The van der Waals surface area contributed by atoms with Crippen LogP contribution in [0.3, 0.4) is 0 Å². The third-order valence-corrected chi connectivity index (χ3v) is 3.23. The fraction of sp³-hybridized carbons (Fsp3) is 0.571. The van der Waals surface area contributed by atoms with Crippen LogP contribution in [0.5, 0.6) is 0 Å². The summed E-state index contributed by atoms with van der Waals surface area (Å²) in [6.45, 7) is 5.39. The molecule has 0 saturated carbocycles. The number of benzene rings is 1. The Morgan fingerprint density at radius 3 is 2.84 bits per heavy atom. The predicted octanol–water partition coefficient (Wildman–Crippen LogP) is 1.26. The number of aliphatic hydroxyl groups is 1. The number of nitrogens with zero attached hydrogens (tertiary/aromatic N) is 1. The Morgan fingerprint density at radius 1 is 1.47 bits per heavy atom. The Morgan fingerprint density at radius 2 is 2.21 bits per heavy atom. The van der Waals surface area contributed by atoms with Crippen LogP contribution in [-0.2, 0) is 11.3 Å². The molecule has 1 aliphatic rings. The maximum Gasteiger partial charge on any atom is 0.125 e. The van der Waals surface area contributed by atoms with E-state index in [4.69, 9.17) is 10.5 Å². The molecule has 1 aromatic rings. The minimum Gasteiger partial charge on any atom is -0.394 e. The van der Waals surface area contributed by atoms with Crippen molar-refractivity contribution in [2.24, 2.45) is 5.73 Å². The van der Waals surface area contributed by atoms with E-state index in [0.717, 1.165) is 11.3 Å². The summed E-state index contributed by atoms with van der Waals surface area (Å²) in [5, 5.41) is 9.30. The summed E-state index contributed by atoms with van der Waals surface area (Å²) in [5.41, 5.74) is 6.75. The summed E-state index contributed by atoms with van der Waals surface area (Å²) in [7, 11) is 0. The van der Waals surface area contributed by atoms with E-state index in [1.54, 1.807) is 0 Å². The second-order valence-corrected chi connectivity index (χ2v) is 5.58. The highest BCUT2D eigenvalue weighted by molar-refractivity contribution is 5.50. The first-order valence-electron chi connectivity index (χ1n) is 6.47. The zero-order valence-electron chi connectivity index (χ0n) is 11.4. The molecular formula is C14H21FN2O2. The van der Waals surface area contributed by atoms with E-state index >= 15 is 0 Å². The molecule has 1 heterocycles. The molecule has 2 rings (SSSR count). The van der Waals surface area contributed by atoms with E-state index in [1.165, 1.54) is 12.1 Å². The second-order valence-electron chi connectivity index (χ2n) is 5.58. The van der Waals surface area contributed by atoms with Gasteiger partial charge in [0.1, 0.15) is 5.82 Å². The largest absolute Gasteiger partial charge is 0.394 e. The van der Waals surface area contributed by atoms with Gasteiger partial charge in [0, 0.05) is 25.3 Å². The zero-order valence-corrected chi connectivity index (χ0v) is 11.4. The van der Waals surface area contributed by atoms with Crippen molar-refractivity contribution in [2.75, 3.05) is 24.6 Å². The van der Waals surface area contributed by atoms with Crippen molar-refractivity contribution < 1.29 is 14.2 Å². The third-order valence-electron chi connectivity index (χ3n) is 3.23. The molecule has 0 amide bonds. The van der Waals surface area contributed by atoms with E-state index < -0.39 is 0 Å². The average molecular weight is 268 g/mol. The minimum absolute atomic E-state index is 0.0427. The molecule has 0 bridgehead atoms. The molecule has 0 aliphatic carbocycles. The van der Waals surface area contributed by atoms with Gasteiger partial charge >= 0.3 is 0 Å². The molecule has 0 spiro atoms. The molecular weight excluding hydrogens is 247 g/mol. The van der Waals surface area contributed by atoms with Crippen molar-refractivity contribution in [3.05, 3.63) is 29.6 Å². The van der Waals surface area contributed by atoms with Gasteiger partial charge in [-0.15, -0.1) is 0 Å². The lowest BCUT2D eigenvalue weighted by Gasteiger charge is -2.43. The highest BCUT2D eigenvalue weighted by atomic mass is 19.1. The van der Waals surface area contributed by atoms with E-state index in [1.807, 2.05) is 24.8 Å². The number of hydrogen-bond donors (Lipinski definition) is 2. The molecule has 1 saturated heterocycles. The number of morpholine rings is 1. The predicted molar refractivity (Wildman–Crippen MR) is 72.5 cm³/mol. The fourth-order valence-corrected chi connectivity index (χ4v) is 2.52. The monoisotopic (exact) mass is 268 g/mol. The summed E-state index contributed by atoms with van der Waals surface area (Å²) in [6.07, 6.45) is -0.256. The van der Waals surface area contributed by atoms with E-state index in [2.05, 4.69) is 0 Å². The molecule has 4 nitrogen and oxygen atoms in total. The van der Waals surface area contributed by atoms with Gasteiger partial charge in [-0.25, -0.2) is 4.39 Å². The summed E-state index contributed by atoms with van der Waals surface area (Å²) < 4.78 is 19.3. The molecule has 0 aromatic heterocycles. The first-order valence-corrected chi connectivity index (χ1v) is 6.47. The molecule has 19 heavy (non-hydrogen) atoms. The lowest BCUT2D eigenvalue weighted by atomic mass is 10.0. The number of ether oxygens (including phenoxy) is 1. The van der Waals surface area contributed by atoms with Crippen LogP contribution in [0, 0.1) is 5.82 Å². The Bertz CT molecular complexity index is 451. The summed E-state index contributed by atoms with van der Waals surface area (Å²) in [6, 6.07) is 4.83. The lowest BCUT2D eigenvalue weighted by molar-refractivity contribution is -0.101. The van der Waals surface area contributed by atoms with Gasteiger partial charge in [-0.1, -0.05) is 0 Å². The molecule has 1 unspecified atom stereocenters. The van der Waals surface area contributed by atoms with Crippen molar-refractivity contribution in [2.45, 2.75) is 32.1 Å². The Balaban J connectivity index is 2.27. The van der Waals surface area contributed by atoms with E-state index in [-0.39, 0.29) is 24.1 Å². The van der Waals surface area contributed by atoms with Gasteiger partial charge in [0.05, 0.1) is 18.3 Å². The van der Waals surface area contributed by atoms with Gasteiger partial charge in [-0.3, -0.25) is 0 Å². The number of halogens is 1. The van der Waals surface area contributed by atoms with Gasteiger partial charge in [-0.2, -0.15) is 0 Å². The van der Waals surface area contributed by atoms with Crippen molar-refractivity contribution in [1.82, 2.24) is 0 Å². The summed E-state index contributed by atoms with van der Waals surface area (Å²) in [4.78, 5) is 2.03.